The third kappa shape index (κ3) is 4.25. The topological polar surface area (TPSA) is 45.8 Å². The van der Waals surface area contributed by atoms with Crippen LogP contribution in [0.1, 0.15) is 11.3 Å². The van der Waals surface area contributed by atoms with Gasteiger partial charge < -0.3 is 4.42 Å². The molecule has 0 bridgehead atoms. The first-order chi connectivity index (χ1) is 14.1. The van der Waals surface area contributed by atoms with Crippen LogP contribution in [0, 0.1) is 6.92 Å². The Morgan fingerprint density at radius 2 is 1.83 bits per heavy atom. The van der Waals surface area contributed by atoms with Gasteiger partial charge >= 0.3 is 0 Å². The van der Waals surface area contributed by atoms with E-state index in [1.54, 1.807) is 17.1 Å². The minimum atomic E-state index is -0.0987. The molecule has 144 valence electrons. The fourth-order valence-corrected chi connectivity index (χ4v) is 3.92. The summed E-state index contributed by atoms with van der Waals surface area (Å²) in [6, 6.07) is 21.6. The van der Waals surface area contributed by atoms with E-state index in [1.807, 2.05) is 73.7 Å². The molecular formula is C24H20N2O2S. The van der Waals surface area contributed by atoms with Crippen molar-refractivity contribution >= 4 is 34.6 Å². The van der Waals surface area contributed by atoms with E-state index in [2.05, 4.69) is 11.6 Å². The Labute approximate surface area is 174 Å². The lowest BCUT2D eigenvalue weighted by molar-refractivity contribution is -0.121. The van der Waals surface area contributed by atoms with Crippen LogP contribution in [0.3, 0.4) is 0 Å². The fourth-order valence-electron chi connectivity index (χ4n) is 2.93. The third-order valence-corrected chi connectivity index (χ3v) is 5.42. The van der Waals surface area contributed by atoms with Gasteiger partial charge in [0.15, 0.2) is 5.17 Å². The molecule has 1 aromatic heterocycles. The van der Waals surface area contributed by atoms with Crippen molar-refractivity contribution in [3.63, 3.8) is 0 Å². The number of carbonyl (C=O) groups is 1. The van der Waals surface area contributed by atoms with Crippen LogP contribution in [0.25, 0.3) is 17.4 Å². The van der Waals surface area contributed by atoms with Crippen LogP contribution in [-0.4, -0.2) is 22.5 Å². The van der Waals surface area contributed by atoms with Crippen molar-refractivity contribution in [2.24, 2.45) is 4.99 Å². The van der Waals surface area contributed by atoms with Crippen LogP contribution >= 0.6 is 11.8 Å². The van der Waals surface area contributed by atoms with Crippen molar-refractivity contribution in [2.45, 2.75) is 6.92 Å². The molecule has 0 radical (unpaired) electrons. The number of nitrogens with zero attached hydrogens (tertiary/aromatic N) is 2. The van der Waals surface area contributed by atoms with Crippen LogP contribution in [-0.2, 0) is 4.79 Å². The SMILES string of the molecule is C=CCN1C(=O)/C(=C/c2ccc(-c3ccccc3)o2)SC1=Nc1ccc(C)cc1. The molecule has 2 aromatic carbocycles. The van der Waals surface area contributed by atoms with Gasteiger partial charge in [-0.15, -0.1) is 6.58 Å². The van der Waals surface area contributed by atoms with E-state index in [0.717, 1.165) is 17.0 Å². The van der Waals surface area contributed by atoms with Crippen LogP contribution < -0.4 is 0 Å². The number of amides is 1. The number of furan rings is 1. The molecule has 0 saturated carbocycles. The lowest BCUT2D eigenvalue weighted by Gasteiger charge is -2.12. The third-order valence-electron chi connectivity index (χ3n) is 4.42. The van der Waals surface area contributed by atoms with Gasteiger partial charge in [0.05, 0.1) is 10.6 Å². The lowest BCUT2D eigenvalue weighted by Crippen LogP contribution is -2.29. The Morgan fingerprint density at radius 1 is 1.07 bits per heavy atom. The predicted octanol–water partition coefficient (Wildman–Crippen LogP) is 6.05. The summed E-state index contributed by atoms with van der Waals surface area (Å²) < 4.78 is 5.92. The molecule has 4 nitrogen and oxygen atoms in total. The van der Waals surface area contributed by atoms with E-state index in [4.69, 9.17) is 4.42 Å². The molecule has 0 aliphatic carbocycles. The molecule has 3 aromatic rings. The summed E-state index contributed by atoms with van der Waals surface area (Å²) in [5.41, 5.74) is 2.97. The number of thioether (sulfide) groups is 1. The van der Waals surface area contributed by atoms with Gasteiger partial charge in [0.1, 0.15) is 11.5 Å². The van der Waals surface area contributed by atoms with Gasteiger partial charge in [0, 0.05) is 18.2 Å². The first kappa shape index (κ1) is 19.0. The van der Waals surface area contributed by atoms with Gasteiger partial charge in [0.2, 0.25) is 0 Å². The van der Waals surface area contributed by atoms with Gasteiger partial charge in [-0.2, -0.15) is 0 Å². The average molecular weight is 401 g/mol. The standard InChI is InChI=1S/C24H20N2O2S/c1-3-15-26-23(27)22(29-24(26)25-19-11-9-17(2)10-12-19)16-20-13-14-21(28-20)18-7-5-4-6-8-18/h3-14,16H,1,15H2,2H3/b22-16-,25-24?. The van der Waals surface area contributed by atoms with Gasteiger partial charge in [-0.05, 0) is 43.0 Å². The van der Waals surface area contributed by atoms with Crippen LogP contribution in [0.4, 0.5) is 5.69 Å². The smallest absolute Gasteiger partial charge is 0.267 e. The van der Waals surface area contributed by atoms with Gasteiger partial charge in [0.25, 0.3) is 5.91 Å². The number of carbonyl (C=O) groups excluding carboxylic acids is 1. The largest absolute Gasteiger partial charge is 0.457 e. The number of benzene rings is 2. The number of hydrogen-bond donors (Lipinski definition) is 0. The maximum Gasteiger partial charge on any atom is 0.267 e. The molecule has 1 aliphatic heterocycles. The molecule has 1 amide bonds. The summed E-state index contributed by atoms with van der Waals surface area (Å²) in [6.45, 7) is 6.20. The molecule has 1 aliphatic rings. The number of aryl methyl sites for hydroxylation is 1. The second-order valence-electron chi connectivity index (χ2n) is 6.61. The zero-order chi connectivity index (χ0) is 20.2. The van der Waals surface area contributed by atoms with E-state index >= 15 is 0 Å². The summed E-state index contributed by atoms with van der Waals surface area (Å²) in [5, 5.41) is 0.639. The summed E-state index contributed by atoms with van der Waals surface area (Å²) in [7, 11) is 0. The molecule has 0 spiro atoms. The quantitative estimate of drug-likeness (QED) is 0.387. The second kappa shape index (κ2) is 8.37. The Balaban J connectivity index is 1.62. The van der Waals surface area contributed by atoms with Gasteiger partial charge in [-0.25, -0.2) is 4.99 Å². The highest BCUT2D eigenvalue weighted by atomic mass is 32.2. The maximum atomic E-state index is 12.9. The van der Waals surface area contributed by atoms with Crippen LogP contribution in [0.5, 0.6) is 0 Å². The zero-order valence-electron chi connectivity index (χ0n) is 16.0. The van der Waals surface area contributed by atoms with Crippen molar-refractivity contribution in [3.05, 3.63) is 95.6 Å². The first-order valence-corrected chi connectivity index (χ1v) is 10.1. The molecule has 1 saturated heterocycles. The summed E-state index contributed by atoms with van der Waals surface area (Å²) in [6.07, 6.45) is 3.47. The lowest BCUT2D eigenvalue weighted by atomic mass is 10.2. The Hall–Kier alpha value is -3.31. The maximum absolute atomic E-state index is 12.9. The van der Waals surface area contributed by atoms with Crippen molar-refractivity contribution in [3.8, 4) is 11.3 Å². The monoisotopic (exact) mass is 400 g/mol. The number of amidine groups is 1. The number of aliphatic imine (C=N–C) groups is 1. The first-order valence-electron chi connectivity index (χ1n) is 9.27. The molecule has 4 rings (SSSR count). The molecule has 0 N–H and O–H groups in total. The van der Waals surface area contributed by atoms with Crippen molar-refractivity contribution < 1.29 is 9.21 Å². The molecular weight excluding hydrogens is 380 g/mol. The Bertz CT molecular complexity index is 1100. The average Bonchev–Trinajstić information content (AvgIpc) is 3.31. The van der Waals surface area contributed by atoms with Crippen LogP contribution in [0.15, 0.2) is 93.7 Å². The van der Waals surface area contributed by atoms with Crippen molar-refractivity contribution in [2.75, 3.05) is 6.54 Å². The molecule has 0 unspecified atom stereocenters. The fraction of sp³-hybridized carbons (Fsp3) is 0.0833. The Morgan fingerprint density at radius 3 is 2.55 bits per heavy atom. The van der Waals surface area contributed by atoms with Crippen LogP contribution in [0.2, 0.25) is 0 Å². The molecule has 29 heavy (non-hydrogen) atoms. The van der Waals surface area contributed by atoms with Crippen molar-refractivity contribution in [1.29, 1.82) is 0 Å². The number of hydrogen-bond acceptors (Lipinski definition) is 4. The summed E-state index contributed by atoms with van der Waals surface area (Å²) in [5.74, 6) is 1.30. The van der Waals surface area contributed by atoms with E-state index in [9.17, 15) is 4.79 Å². The Kier molecular flexibility index (Phi) is 5.49. The molecule has 2 heterocycles. The molecule has 5 heteroatoms. The van der Waals surface area contributed by atoms with Gasteiger partial charge in [-0.1, -0.05) is 54.1 Å². The summed E-state index contributed by atoms with van der Waals surface area (Å²) >= 11 is 1.35. The number of rotatable bonds is 5. The van der Waals surface area contributed by atoms with Crippen molar-refractivity contribution in [1.82, 2.24) is 4.90 Å². The van der Waals surface area contributed by atoms with Gasteiger partial charge in [-0.3, -0.25) is 9.69 Å². The normalized spacial score (nSPS) is 16.7. The predicted molar refractivity (Wildman–Crippen MR) is 120 cm³/mol. The second-order valence-corrected chi connectivity index (χ2v) is 7.62. The highest BCUT2D eigenvalue weighted by Crippen LogP contribution is 2.35. The highest BCUT2D eigenvalue weighted by molar-refractivity contribution is 8.18. The van der Waals surface area contributed by atoms with E-state index in [1.165, 1.54) is 17.3 Å². The summed E-state index contributed by atoms with van der Waals surface area (Å²) in [4.78, 5) is 19.8. The van der Waals surface area contributed by atoms with E-state index < -0.39 is 0 Å². The minimum Gasteiger partial charge on any atom is -0.457 e. The zero-order valence-corrected chi connectivity index (χ0v) is 16.9. The molecule has 0 atom stereocenters. The van der Waals surface area contributed by atoms with E-state index in [0.29, 0.717) is 22.4 Å². The molecule has 1 fully saturated rings. The highest BCUT2D eigenvalue weighted by Gasteiger charge is 2.32. The van der Waals surface area contributed by atoms with E-state index in [-0.39, 0.29) is 5.91 Å². The minimum absolute atomic E-state index is 0.0987.